The second kappa shape index (κ2) is 9.52. The number of primary amides is 1. The molecule has 0 radical (unpaired) electrons. The van der Waals surface area contributed by atoms with Crippen molar-refractivity contribution in [1.29, 1.82) is 0 Å². The highest BCUT2D eigenvalue weighted by molar-refractivity contribution is 7.17. The van der Waals surface area contributed by atoms with Gasteiger partial charge in [0.15, 0.2) is 0 Å². The number of amides is 2. The molecule has 2 aromatic carbocycles. The van der Waals surface area contributed by atoms with E-state index in [1.807, 2.05) is 37.3 Å². The summed E-state index contributed by atoms with van der Waals surface area (Å²) in [5, 5.41) is 6.13. The van der Waals surface area contributed by atoms with Gasteiger partial charge in [-0.3, -0.25) is 9.59 Å². The first-order valence-corrected chi connectivity index (χ1v) is 11.6. The number of halogens is 1. The fraction of sp³-hybridized carbons (Fsp3) is 0.0870. The number of aryl methyl sites for hydroxylation is 1. The first kappa shape index (κ1) is 22.0. The zero-order chi connectivity index (χ0) is 22.7. The maximum absolute atomic E-state index is 12.8. The first-order valence-electron chi connectivity index (χ1n) is 9.55. The molecule has 162 valence electrons. The van der Waals surface area contributed by atoms with Crippen molar-refractivity contribution >= 4 is 51.1 Å². The fourth-order valence-corrected chi connectivity index (χ4v) is 5.03. The zero-order valence-corrected chi connectivity index (χ0v) is 19.3. The van der Waals surface area contributed by atoms with Gasteiger partial charge >= 0.3 is 0 Å². The lowest BCUT2D eigenvalue weighted by Crippen LogP contribution is -2.17. The van der Waals surface area contributed by atoms with Gasteiger partial charge in [-0.05, 0) is 36.8 Å². The van der Waals surface area contributed by atoms with Gasteiger partial charge in [-0.2, -0.15) is 0 Å². The minimum Gasteiger partial charge on any atom is -0.486 e. The van der Waals surface area contributed by atoms with Gasteiger partial charge in [0, 0.05) is 20.8 Å². The van der Waals surface area contributed by atoms with E-state index in [9.17, 15) is 9.59 Å². The van der Waals surface area contributed by atoms with Crippen molar-refractivity contribution in [3.8, 4) is 16.9 Å². The lowest BCUT2D eigenvalue weighted by atomic mass is 10.0. The summed E-state index contributed by atoms with van der Waals surface area (Å²) < 4.78 is 5.68. The Bertz CT molecular complexity index is 1270. The van der Waals surface area contributed by atoms with Gasteiger partial charge in [-0.1, -0.05) is 41.9 Å². The van der Waals surface area contributed by atoms with Crippen LogP contribution in [0.3, 0.4) is 0 Å². The number of hydrogen-bond acceptors (Lipinski definition) is 6. The first-order chi connectivity index (χ1) is 15.4. The number of nitrogens with two attached hydrogens (primary N) is 1. The molecule has 0 saturated heterocycles. The molecule has 0 fully saturated rings. The molecule has 0 unspecified atom stereocenters. The lowest BCUT2D eigenvalue weighted by Gasteiger charge is -2.06. The van der Waals surface area contributed by atoms with E-state index < -0.39 is 11.8 Å². The van der Waals surface area contributed by atoms with Crippen LogP contribution in [0.2, 0.25) is 5.02 Å². The molecule has 4 aromatic rings. The van der Waals surface area contributed by atoms with Crippen LogP contribution in [-0.2, 0) is 6.61 Å². The molecule has 0 aliphatic rings. The van der Waals surface area contributed by atoms with Crippen molar-refractivity contribution in [1.82, 2.24) is 4.98 Å². The molecule has 6 nitrogen and oxygen atoms in total. The number of carbonyl (C=O) groups excluding carboxylic acids is 2. The minimum absolute atomic E-state index is 0.225. The van der Waals surface area contributed by atoms with Gasteiger partial charge in [0.2, 0.25) is 0 Å². The Morgan fingerprint density at radius 2 is 1.84 bits per heavy atom. The van der Waals surface area contributed by atoms with Crippen molar-refractivity contribution in [3.63, 3.8) is 0 Å². The third-order valence-electron chi connectivity index (χ3n) is 4.58. The number of anilines is 1. The maximum Gasteiger partial charge on any atom is 0.275 e. The zero-order valence-electron chi connectivity index (χ0n) is 16.9. The fourth-order valence-electron chi connectivity index (χ4n) is 3.14. The topological polar surface area (TPSA) is 94.3 Å². The van der Waals surface area contributed by atoms with E-state index in [-0.39, 0.29) is 12.3 Å². The largest absolute Gasteiger partial charge is 0.486 e. The van der Waals surface area contributed by atoms with E-state index in [1.165, 1.54) is 22.7 Å². The van der Waals surface area contributed by atoms with E-state index in [2.05, 4.69) is 10.3 Å². The molecule has 3 N–H and O–H groups in total. The standard InChI is InChI=1S/C23H18ClN3O3S2/c1-13-19(14-5-3-2-4-6-14)20(21(25)28)23(32-13)27-22(29)17-12-31-18(26-17)11-30-16-9-7-15(24)8-10-16/h2-10,12H,11H2,1H3,(H2,25,28)(H,27,29). The summed E-state index contributed by atoms with van der Waals surface area (Å²) in [6.07, 6.45) is 0. The van der Waals surface area contributed by atoms with E-state index in [0.717, 1.165) is 16.0 Å². The van der Waals surface area contributed by atoms with E-state index >= 15 is 0 Å². The average molecular weight is 484 g/mol. The van der Waals surface area contributed by atoms with Gasteiger partial charge < -0.3 is 15.8 Å². The number of ether oxygens (including phenoxy) is 1. The van der Waals surface area contributed by atoms with Crippen LogP contribution in [0.25, 0.3) is 11.1 Å². The molecule has 2 amide bonds. The Morgan fingerprint density at radius 1 is 1.12 bits per heavy atom. The predicted octanol–water partition coefficient (Wildman–Crippen LogP) is 5.76. The number of aromatic nitrogens is 1. The normalized spacial score (nSPS) is 10.7. The van der Waals surface area contributed by atoms with Crippen LogP contribution in [0.1, 0.15) is 30.7 Å². The predicted molar refractivity (Wildman–Crippen MR) is 129 cm³/mol. The molecule has 0 atom stereocenters. The lowest BCUT2D eigenvalue weighted by molar-refractivity contribution is 0.100. The molecule has 0 aliphatic carbocycles. The monoisotopic (exact) mass is 483 g/mol. The van der Waals surface area contributed by atoms with Gasteiger partial charge in [-0.15, -0.1) is 22.7 Å². The number of rotatable bonds is 7. The number of benzene rings is 2. The van der Waals surface area contributed by atoms with Gasteiger partial charge in [0.25, 0.3) is 11.8 Å². The highest BCUT2D eigenvalue weighted by atomic mass is 35.5. The molecule has 2 heterocycles. The summed E-state index contributed by atoms with van der Waals surface area (Å²) in [4.78, 5) is 30.3. The Hall–Kier alpha value is -3.20. The molecule has 0 saturated carbocycles. The van der Waals surface area contributed by atoms with Crippen molar-refractivity contribution < 1.29 is 14.3 Å². The Morgan fingerprint density at radius 3 is 2.53 bits per heavy atom. The minimum atomic E-state index is -0.598. The van der Waals surface area contributed by atoms with Crippen molar-refractivity contribution in [2.45, 2.75) is 13.5 Å². The van der Waals surface area contributed by atoms with E-state index in [1.54, 1.807) is 29.6 Å². The Kier molecular flexibility index (Phi) is 6.55. The molecule has 9 heteroatoms. The maximum atomic E-state index is 12.8. The van der Waals surface area contributed by atoms with Gasteiger partial charge in [0.05, 0.1) is 5.56 Å². The van der Waals surface area contributed by atoms with Crippen LogP contribution >= 0.6 is 34.3 Å². The number of nitrogens with one attached hydrogen (secondary N) is 1. The van der Waals surface area contributed by atoms with Gasteiger partial charge in [0.1, 0.15) is 28.1 Å². The van der Waals surface area contributed by atoms with Crippen LogP contribution in [0.5, 0.6) is 5.75 Å². The summed E-state index contributed by atoms with van der Waals surface area (Å²) in [6.45, 7) is 2.12. The van der Waals surface area contributed by atoms with E-state index in [4.69, 9.17) is 22.1 Å². The third-order valence-corrected chi connectivity index (χ3v) is 6.68. The second-order valence-electron chi connectivity index (χ2n) is 6.79. The Labute approximate surface area is 197 Å². The summed E-state index contributed by atoms with van der Waals surface area (Å²) in [7, 11) is 0. The molecule has 4 rings (SSSR count). The molecular weight excluding hydrogens is 466 g/mol. The highest BCUT2D eigenvalue weighted by Gasteiger charge is 2.23. The third kappa shape index (κ3) is 4.83. The van der Waals surface area contributed by atoms with E-state index in [0.29, 0.717) is 26.3 Å². The molecule has 2 aromatic heterocycles. The number of thiophene rings is 1. The summed E-state index contributed by atoms with van der Waals surface area (Å²) in [6, 6.07) is 16.5. The van der Waals surface area contributed by atoms with Crippen molar-refractivity contribution in [2.75, 3.05) is 5.32 Å². The second-order valence-corrected chi connectivity index (χ2v) is 9.39. The highest BCUT2D eigenvalue weighted by Crippen LogP contribution is 2.39. The summed E-state index contributed by atoms with van der Waals surface area (Å²) >= 11 is 8.50. The van der Waals surface area contributed by atoms with Crippen LogP contribution in [-0.4, -0.2) is 16.8 Å². The van der Waals surface area contributed by atoms with Crippen molar-refractivity contribution in [2.24, 2.45) is 5.73 Å². The van der Waals surface area contributed by atoms with Crippen LogP contribution < -0.4 is 15.8 Å². The summed E-state index contributed by atoms with van der Waals surface area (Å²) in [5.41, 5.74) is 7.81. The SMILES string of the molecule is Cc1sc(NC(=O)c2csc(COc3ccc(Cl)cc3)n2)c(C(N)=O)c1-c1ccccc1. The average Bonchev–Trinajstić information content (AvgIpc) is 3.38. The number of carbonyl (C=O) groups is 2. The van der Waals surface area contributed by atoms with Gasteiger partial charge in [-0.25, -0.2) is 4.98 Å². The molecule has 32 heavy (non-hydrogen) atoms. The number of hydrogen-bond donors (Lipinski definition) is 2. The van der Waals surface area contributed by atoms with Crippen LogP contribution in [0.4, 0.5) is 5.00 Å². The van der Waals surface area contributed by atoms with Crippen LogP contribution in [0, 0.1) is 6.92 Å². The molecule has 0 bridgehead atoms. The molecular formula is C23H18ClN3O3S2. The smallest absolute Gasteiger partial charge is 0.275 e. The number of nitrogens with zero attached hydrogens (tertiary/aromatic N) is 1. The molecule has 0 spiro atoms. The molecule has 0 aliphatic heterocycles. The Balaban J connectivity index is 1.51. The quantitative estimate of drug-likeness (QED) is 0.349. The van der Waals surface area contributed by atoms with Crippen molar-refractivity contribution in [3.05, 3.63) is 86.1 Å². The summed E-state index contributed by atoms with van der Waals surface area (Å²) in [5.74, 6) is -0.356. The number of thiazole rings is 1. The van der Waals surface area contributed by atoms with Crippen LogP contribution in [0.15, 0.2) is 60.0 Å².